The first kappa shape index (κ1) is 10.5. The molecule has 0 fully saturated rings. The lowest BCUT2D eigenvalue weighted by Gasteiger charge is -2.03. The summed E-state index contributed by atoms with van der Waals surface area (Å²) in [6.07, 6.45) is 2.92. The molecule has 0 aromatic carbocycles. The maximum absolute atomic E-state index is 5.64. The van der Waals surface area contributed by atoms with Gasteiger partial charge in [-0.3, -0.25) is 4.98 Å². The minimum absolute atomic E-state index is 0.316. The molecule has 2 N–H and O–H groups in total. The van der Waals surface area contributed by atoms with Gasteiger partial charge < -0.3 is 5.73 Å². The molecule has 1 atom stereocenters. The topological polar surface area (TPSA) is 38.9 Å². The summed E-state index contributed by atoms with van der Waals surface area (Å²) >= 11 is 1.89. The third-order valence-corrected chi connectivity index (χ3v) is 2.72. The number of pyridine rings is 1. The van der Waals surface area contributed by atoms with Gasteiger partial charge >= 0.3 is 0 Å². The summed E-state index contributed by atoms with van der Waals surface area (Å²) in [7, 11) is 0. The summed E-state index contributed by atoms with van der Waals surface area (Å²) in [6, 6.07) is 6.33. The summed E-state index contributed by atoms with van der Waals surface area (Å²) in [5.74, 6) is 2.11. The second kappa shape index (κ2) is 6.00. The largest absolute Gasteiger partial charge is 0.328 e. The Labute approximate surface area is 83.9 Å². The Morgan fingerprint density at radius 3 is 3.00 bits per heavy atom. The van der Waals surface area contributed by atoms with E-state index in [4.69, 9.17) is 5.73 Å². The zero-order chi connectivity index (χ0) is 9.52. The van der Waals surface area contributed by atoms with E-state index in [-0.39, 0.29) is 0 Å². The smallest absolute Gasteiger partial charge is 0.0502 e. The van der Waals surface area contributed by atoms with Gasteiger partial charge in [0.25, 0.3) is 0 Å². The molecule has 0 aliphatic rings. The first-order chi connectivity index (χ1) is 6.29. The van der Waals surface area contributed by atoms with Crippen LogP contribution in [0.25, 0.3) is 0 Å². The van der Waals surface area contributed by atoms with Gasteiger partial charge in [0, 0.05) is 18.0 Å². The van der Waals surface area contributed by atoms with Crippen molar-refractivity contribution in [1.29, 1.82) is 0 Å². The average molecular weight is 196 g/mol. The van der Waals surface area contributed by atoms with Crippen LogP contribution < -0.4 is 5.73 Å². The fourth-order valence-electron chi connectivity index (χ4n) is 0.929. The number of hydrogen-bond acceptors (Lipinski definition) is 3. The molecule has 72 valence electrons. The molecule has 0 amide bonds. The van der Waals surface area contributed by atoms with Gasteiger partial charge in [-0.15, -0.1) is 0 Å². The van der Waals surface area contributed by atoms with Gasteiger partial charge in [-0.2, -0.15) is 11.8 Å². The maximum atomic E-state index is 5.64. The molecule has 1 rings (SSSR count). The molecule has 1 heterocycles. The summed E-state index contributed by atoms with van der Waals surface area (Å²) < 4.78 is 0. The monoisotopic (exact) mass is 196 g/mol. The molecule has 2 nitrogen and oxygen atoms in total. The van der Waals surface area contributed by atoms with Crippen LogP contribution in [0, 0.1) is 0 Å². The molecular formula is C10H16N2S. The van der Waals surface area contributed by atoms with Crippen LogP contribution in [0.1, 0.15) is 19.0 Å². The van der Waals surface area contributed by atoms with Gasteiger partial charge in [0.1, 0.15) is 0 Å². The fraction of sp³-hybridized carbons (Fsp3) is 0.500. The molecule has 0 bridgehead atoms. The molecule has 1 aromatic rings. The van der Waals surface area contributed by atoms with Gasteiger partial charge in [0.2, 0.25) is 0 Å². The van der Waals surface area contributed by atoms with E-state index in [1.165, 1.54) is 0 Å². The van der Waals surface area contributed by atoms with Crippen molar-refractivity contribution in [3.05, 3.63) is 30.1 Å². The van der Waals surface area contributed by atoms with E-state index in [0.717, 1.165) is 23.6 Å². The van der Waals surface area contributed by atoms with Crippen LogP contribution in [0.4, 0.5) is 0 Å². The number of aromatic nitrogens is 1. The molecule has 3 heteroatoms. The van der Waals surface area contributed by atoms with Crippen molar-refractivity contribution in [1.82, 2.24) is 4.98 Å². The number of hydrogen-bond donors (Lipinski definition) is 1. The lowest BCUT2D eigenvalue weighted by Crippen LogP contribution is -2.15. The highest BCUT2D eigenvalue weighted by atomic mass is 32.2. The van der Waals surface area contributed by atoms with Crippen LogP contribution in [0.5, 0.6) is 0 Å². The van der Waals surface area contributed by atoms with Crippen LogP contribution in [0.2, 0.25) is 0 Å². The lowest BCUT2D eigenvalue weighted by atomic mass is 10.3. The van der Waals surface area contributed by atoms with Gasteiger partial charge in [0.05, 0.1) is 5.69 Å². The van der Waals surface area contributed by atoms with E-state index in [1.807, 2.05) is 37.0 Å². The summed E-state index contributed by atoms with van der Waals surface area (Å²) in [6.45, 7) is 2.04. The number of rotatable bonds is 5. The second-order valence-electron chi connectivity index (χ2n) is 3.14. The van der Waals surface area contributed by atoms with E-state index < -0.39 is 0 Å². The average Bonchev–Trinajstić information content (AvgIpc) is 2.14. The predicted molar refractivity (Wildman–Crippen MR) is 58.7 cm³/mol. The summed E-state index contributed by atoms with van der Waals surface area (Å²) in [4.78, 5) is 4.24. The zero-order valence-electron chi connectivity index (χ0n) is 7.94. The lowest BCUT2D eigenvalue weighted by molar-refractivity contribution is 0.721. The molecular weight excluding hydrogens is 180 g/mol. The van der Waals surface area contributed by atoms with Crippen LogP contribution >= 0.6 is 11.8 Å². The first-order valence-corrected chi connectivity index (χ1v) is 5.68. The van der Waals surface area contributed by atoms with Gasteiger partial charge in [-0.05, 0) is 31.2 Å². The number of nitrogens with zero attached hydrogens (tertiary/aromatic N) is 1. The summed E-state index contributed by atoms with van der Waals surface area (Å²) in [5, 5.41) is 0. The summed E-state index contributed by atoms with van der Waals surface area (Å²) in [5.41, 5.74) is 6.79. The van der Waals surface area contributed by atoms with Gasteiger partial charge in [0.15, 0.2) is 0 Å². The van der Waals surface area contributed by atoms with Crippen LogP contribution in [0.15, 0.2) is 24.4 Å². The third kappa shape index (κ3) is 4.90. The molecule has 0 aliphatic heterocycles. The van der Waals surface area contributed by atoms with Gasteiger partial charge in [-0.25, -0.2) is 0 Å². The van der Waals surface area contributed by atoms with Crippen molar-refractivity contribution >= 4 is 11.8 Å². The molecule has 0 saturated carbocycles. The Morgan fingerprint density at radius 1 is 1.54 bits per heavy atom. The van der Waals surface area contributed by atoms with Crippen LogP contribution in [-0.2, 0) is 5.75 Å². The Balaban J connectivity index is 2.13. The third-order valence-electron chi connectivity index (χ3n) is 1.69. The number of thioether (sulfide) groups is 1. The molecule has 13 heavy (non-hydrogen) atoms. The SMILES string of the molecule is CC(N)CCSCc1ccccn1. The maximum Gasteiger partial charge on any atom is 0.0502 e. The second-order valence-corrected chi connectivity index (χ2v) is 4.24. The zero-order valence-corrected chi connectivity index (χ0v) is 8.76. The quantitative estimate of drug-likeness (QED) is 0.733. The minimum Gasteiger partial charge on any atom is -0.328 e. The normalized spacial score (nSPS) is 12.8. The van der Waals surface area contributed by atoms with Crippen molar-refractivity contribution in [2.75, 3.05) is 5.75 Å². The molecule has 0 spiro atoms. The van der Waals surface area contributed by atoms with Crippen LogP contribution in [-0.4, -0.2) is 16.8 Å². The van der Waals surface area contributed by atoms with Crippen molar-refractivity contribution in [3.63, 3.8) is 0 Å². The molecule has 1 aromatic heterocycles. The minimum atomic E-state index is 0.316. The highest BCUT2D eigenvalue weighted by molar-refractivity contribution is 7.98. The van der Waals surface area contributed by atoms with Crippen molar-refractivity contribution in [2.45, 2.75) is 25.1 Å². The Bertz CT molecular complexity index is 224. The number of nitrogens with two attached hydrogens (primary N) is 1. The van der Waals surface area contributed by atoms with Gasteiger partial charge in [-0.1, -0.05) is 6.07 Å². The van der Waals surface area contributed by atoms with E-state index >= 15 is 0 Å². The Morgan fingerprint density at radius 2 is 2.38 bits per heavy atom. The predicted octanol–water partition coefficient (Wildman–Crippen LogP) is 2.05. The highest BCUT2D eigenvalue weighted by Gasteiger charge is 1.96. The Hall–Kier alpha value is -0.540. The first-order valence-electron chi connectivity index (χ1n) is 4.52. The van der Waals surface area contributed by atoms with E-state index in [1.54, 1.807) is 0 Å². The molecule has 0 saturated heterocycles. The van der Waals surface area contributed by atoms with Crippen molar-refractivity contribution < 1.29 is 0 Å². The van der Waals surface area contributed by atoms with E-state index in [0.29, 0.717) is 6.04 Å². The highest BCUT2D eigenvalue weighted by Crippen LogP contribution is 2.10. The Kier molecular flexibility index (Phi) is 4.86. The molecule has 1 unspecified atom stereocenters. The molecule has 0 radical (unpaired) electrons. The standard InChI is InChI=1S/C10H16N2S/c1-9(11)5-7-13-8-10-4-2-3-6-12-10/h2-4,6,9H,5,7-8,11H2,1H3. The fourth-order valence-corrected chi connectivity index (χ4v) is 1.99. The molecule has 0 aliphatic carbocycles. The van der Waals surface area contributed by atoms with E-state index in [9.17, 15) is 0 Å². The van der Waals surface area contributed by atoms with E-state index in [2.05, 4.69) is 11.1 Å². The van der Waals surface area contributed by atoms with Crippen LogP contribution in [0.3, 0.4) is 0 Å². The van der Waals surface area contributed by atoms with Crippen molar-refractivity contribution in [3.8, 4) is 0 Å². The van der Waals surface area contributed by atoms with Crippen molar-refractivity contribution in [2.24, 2.45) is 5.73 Å².